The molecule has 0 radical (unpaired) electrons. The van der Waals surface area contributed by atoms with E-state index in [0.717, 1.165) is 20.9 Å². The number of esters is 1. The van der Waals surface area contributed by atoms with Gasteiger partial charge in [-0.2, -0.15) is 0 Å². The van der Waals surface area contributed by atoms with Gasteiger partial charge in [0.25, 0.3) is 0 Å². The number of carbonyl (C=O) groups is 1. The van der Waals surface area contributed by atoms with Crippen LogP contribution in [0.4, 0.5) is 0 Å². The van der Waals surface area contributed by atoms with E-state index in [1.165, 1.54) is 6.08 Å². The number of carbonyl (C=O) groups excluding carboxylic acids is 1. The van der Waals surface area contributed by atoms with Gasteiger partial charge in [-0.15, -0.1) is 0 Å². The van der Waals surface area contributed by atoms with E-state index in [0.29, 0.717) is 6.61 Å². The van der Waals surface area contributed by atoms with E-state index in [4.69, 9.17) is 4.74 Å². The highest BCUT2D eigenvalue weighted by Gasteiger charge is 2.02. The van der Waals surface area contributed by atoms with Crippen molar-refractivity contribution in [2.45, 2.75) is 6.92 Å². The smallest absolute Gasteiger partial charge is 0.330 e. The number of rotatable bonds is 3. The van der Waals surface area contributed by atoms with Crippen LogP contribution in [0.3, 0.4) is 0 Å². The first-order chi connectivity index (χ1) is 8.70. The van der Waals surface area contributed by atoms with Crippen LogP contribution in [0, 0.1) is 0 Å². The molecule has 0 saturated heterocycles. The van der Waals surface area contributed by atoms with Crippen molar-refractivity contribution in [3.05, 3.63) is 46.6 Å². The lowest BCUT2D eigenvalue weighted by molar-refractivity contribution is -0.137. The van der Waals surface area contributed by atoms with Crippen LogP contribution in [0.5, 0.6) is 0 Å². The Kier molecular flexibility index (Phi) is 4.10. The Morgan fingerprint density at radius 1 is 1.50 bits per heavy atom. The maximum Gasteiger partial charge on any atom is 0.330 e. The van der Waals surface area contributed by atoms with Crippen molar-refractivity contribution in [2.24, 2.45) is 0 Å². The second kappa shape index (κ2) is 5.78. The molecular weight excluding hydrogens is 294 g/mol. The van der Waals surface area contributed by atoms with Crippen LogP contribution < -0.4 is 0 Å². The van der Waals surface area contributed by atoms with Gasteiger partial charge in [-0.25, -0.2) is 4.79 Å². The van der Waals surface area contributed by atoms with Gasteiger partial charge in [0.15, 0.2) is 0 Å². The van der Waals surface area contributed by atoms with Crippen molar-refractivity contribution in [3.8, 4) is 0 Å². The van der Waals surface area contributed by atoms with E-state index < -0.39 is 0 Å². The monoisotopic (exact) mass is 305 g/mol. The van der Waals surface area contributed by atoms with E-state index in [-0.39, 0.29) is 5.97 Å². The molecule has 0 unspecified atom stereocenters. The zero-order valence-corrected chi connectivity index (χ0v) is 11.5. The van der Waals surface area contributed by atoms with Crippen molar-refractivity contribution in [1.29, 1.82) is 0 Å². The molecule has 1 aromatic heterocycles. The molecule has 92 valence electrons. The third-order valence-corrected chi connectivity index (χ3v) is 2.84. The lowest BCUT2D eigenvalue weighted by atomic mass is 10.1. The molecule has 2 rings (SSSR count). The van der Waals surface area contributed by atoms with Crippen molar-refractivity contribution < 1.29 is 9.53 Å². The fourth-order valence-electron chi connectivity index (χ4n) is 1.66. The van der Waals surface area contributed by atoms with Gasteiger partial charge >= 0.3 is 5.97 Å². The van der Waals surface area contributed by atoms with Crippen molar-refractivity contribution >= 4 is 38.9 Å². The molecule has 0 saturated carbocycles. The zero-order chi connectivity index (χ0) is 13.0. The first kappa shape index (κ1) is 12.8. The summed E-state index contributed by atoms with van der Waals surface area (Å²) in [4.78, 5) is 15.6. The topological polar surface area (TPSA) is 39.2 Å². The first-order valence-electron chi connectivity index (χ1n) is 5.60. The molecule has 0 spiro atoms. The molecular formula is C14H12BrNO2. The molecule has 0 aliphatic carbocycles. The molecule has 3 nitrogen and oxygen atoms in total. The number of benzene rings is 1. The van der Waals surface area contributed by atoms with Gasteiger partial charge in [-0.1, -0.05) is 22.0 Å². The Labute approximate surface area is 114 Å². The molecule has 0 aliphatic heterocycles. The highest BCUT2D eigenvalue weighted by atomic mass is 79.9. The van der Waals surface area contributed by atoms with Gasteiger partial charge in [0.1, 0.15) is 0 Å². The van der Waals surface area contributed by atoms with E-state index in [9.17, 15) is 4.79 Å². The summed E-state index contributed by atoms with van der Waals surface area (Å²) in [6, 6.07) is 7.78. The number of halogens is 1. The summed E-state index contributed by atoms with van der Waals surface area (Å²) >= 11 is 3.44. The first-order valence-corrected chi connectivity index (χ1v) is 6.39. The minimum atomic E-state index is -0.346. The van der Waals surface area contributed by atoms with Crippen LogP contribution in [0.15, 0.2) is 41.0 Å². The number of ether oxygens (including phenoxy) is 1. The second-order valence-corrected chi connectivity index (χ2v) is 4.57. The second-order valence-electron chi connectivity index (χ2n) is 3.66. The molecule has 0 aliphatic rings. The van der Waals surface area contributed by atoms with Crippen LogP contribution >= 0.6 is 15.9 Å². The van der Waals surface area contributed by atoms with E-state index in [2.05, 4.69) is 20.9 Å². The minimum absolute atomic E-state index is 0.346. The van der Waals surface area contributed by atoms with Gasteiger partial charge in [0.2, 0.25) is 0 Å². The van der Waals surface area contributed by atoms with E-state index >= 15 is 0 Å². The minimum Gasteiger partial charge on any atom is -0.463 e. The van der Waals surface area contributed by atoms with Crippen LogP contribution in [0.2, 0.25) is 0 Å². The highest BCUT2D eigenvalue weighted by Crippen LogP contribution is 2.23. The van der Waals surface area contributed by atoms with E-state index in [1.807, 2.05) is 24.3 Å². The number of fused-ring (bicyclic) bond motifs is 1. The molecule has 2 aromatic rings. The summed E-state index contributed by atoms with van der Waals surface area (Å²) in [6.07, 6.45) is 4.87. The Morgan fingerprint density at radius 2 is 2.33 bits per heavy atom. The summed E-state index contributed by atoms with van der Waals surface area (Å²) in [6.45, 7) is 2.16. The summed E-state index contributed by atoms with van der Waals surface area (Å²) in [7, 11) is 0. The van der Waals surface area contributed by atoms with Crippen LogP contribution in [-0.4, -0.2) is 17.6 Å². The van der Waals surface area contributed by atoms with Crippen molar-refractivity contribution in [3.63, 3.8) is 0 Å². The predicted molar refractivity (Wildman–Crippen MR) is 75.1 cm³/mol. The summed E-state index contributed by atoms with van der Waals surface area (Å²) in [5, 5.41) is 1.02. The molecule has 0 N–H and O–H groups in total. The fourth-order valence-corrected chi connectivity index (χ4v) is 2.15. The largest absolute Gasteiger partial charge is 0.463 e. The lowest BCUT2D eigenvalue weighted by Crippen LogP contribution is -1.98. The van der Waals surface area contributed by atoms with Gasteiger partial charge in [-0.3, -0.25) is 4.98 Å². The lowest BCUT2D eigenvalue weighted by Gasteiger charge is -2.02. The zero-order valence-electron chi connectivity index (χ0n) is 9.89. The van der Waals surface area contributed by atoms with Crippen molar-refractivity contribution in [1.82, 2.24) is 4.98 Å². The van der Waals surface area contributed by atoms with Gasteiger partial charge in [0.05, 0.1) is 12.1 Å². The van der Waals surface area contributed by atoms with E-state index in [1.54, 1.807) is 19.2 Å². The van der Waals surface area contributed by atoms with Crippen LogP contribution in [0.25, 0.3) is 17.0 Å². The van der Waals surface area contributed by atoms with Crippen molar-refractivity contribution in [2.75, 3.05) is 6.61 Å². The predicted octanol–water partition coefficient (Wildman–Crippen LogP) is 3.57. The fraction of sp³-hybridized carbons (Fsp3) is 0.143. The number of hydrogen-bond donors (Lipinski definition) is 0. The molecule has 0 fully saturated rings. The third kappa shape index (κ3) is 2.96. The summed E-state index contributed by atoms with van der Waals surface area (Å²) < 4.78 is 5.80. The molecule has 0 atom stereocenters. The van der Waals surface area contributed by atoms with Gasteiger partial charge < -0.3 is 4.74 Å². The van der Waals surface area contributed by atoms with Gasteiger partial charge in [-0.05, 0) is 31.2 Å². The Balaban J connectivity index is 2.41. The number of aromatic nitrogens is 1. The van der Waals surface area contributed by atoms with Crippen LogP contribution in [-0.2, 0) is 9.53 Å². The maximum atomic E-state index is 11.3. The molecule has 0 bridgehead atoms. The number of hydrogen-bond acceptors (Lipinski definition) is 3. The number of pyridine rings is 1. The standard InChI is InChI=1S/C14H12BrNO2/c1-2-18-13(17)6-5-11-9-12(15)8-10-4-3-7-16-14(10)11/h3-9H,2H2,1H3/b6-5+. The Bertz CT molecular complexity index is 608. The molecule has 18 heavy (non-hydrogen) atoms. The normalized spacial score (nSPS) is 11.0. The maximum absolute atomic E-state index is 11.3. The SMILES string of the molecule is CCOC(=O)/C=C/c1cc(Br)cc2cccnc12. The average Bonchev–Trinajstić information content (AvgIpc) is 2.36. The summed E-state index contributed by atoms with van der Waals surface area (Å²) in [5.74, 6) is -0.346. The molecule has 1 aromatic carbocycles. The highest BCUT2D eigenvalue weighted by molar-refractivity contribution is 9.10. The molecule has 0 amide bonds. The number of nitrogens with zero attached hydrogens (tertiary/aromatic N) is 1. The average molecular weight is 306 g/mol. The quantitative estimate of drug-likeness (QED) is 0.643. The molecule has 1 heterocycles. The molecule has 4 heteroatoms. The Hall–Kier alpha value is -1.68. The summed E-state index contributed by atoms with van der Waals surface area (Å²) in [5.41, 5.74) is 1.74. The van der Waals surface area contributed by atoms with Gasteiger partial charge in [0, 0.05) is 27.7 Å². The Morgan fingerprint density at radius 3 is 3.11 bits per heavy atom. The third-order valence-electron chi connectivity index (χ3n) is 2.38. The van der Waals surface area contributed by atoms with Crippen LogP contribution in [0.1, 0.15) is 12.5 Å².